The Morgan fingerprint density at radius 2 is 1.56 bits per heavy atom. The van der Waals surface area contributed by atoms with Crippen LogP contribution in [0.1, 0.15) is 6.42 Å². The molecule has 2 aromatic carbocycles. The summed E-state index contributed by atoms with van der Waals surface area (Å²) >= 11 is 0. The number of fused-ring (bicyclic) bond motifs is 6. The first-order valence-electron chi connectivity index (χ1n) is 10.7. The third kappa shape index (κ3) is 2.81. The Balaban J connectivity index is 1.17. The van der Waals surface area contributed by atoms with E-state index in [1.165, 1.54) is 4.90 Å². The number of urea groups is 1. The Hall–Kier alpha value is -4.00. The molecule has 0 unspecified atom stereocenters. The van der Waals surface area contributed by atoms with Gasteiger partial charge < -0.3 is 10.6 Å². The molecular weight excluding hydrogens is 404 g/mol. The molecule has 1 aromatic heterocycles. The highest BCUT2D eigenvalue weighted by Gasteiger charge is 2.59. The molecule has 7 nitrogen and oxygen atoms in total. The molecule has 2 N–H and O–H groups in total. The number of carbonyl (C=O) groups excluding carboxylic acids is 3. The van der Waals surface area contributed by atoms with E-state index in [4.69, 9.17) is 0 Å². The Morgan fingerprint density at radius 3 is 2.28 bits per heavy atom. The van der Waals surface area contributed by atoms with E-state index in [2.05, 4.69) is 27.8 Å². The largest absolute Gasteiger partial charge is 0.323 e. The molecule has 4 amide bonds. The summed E-state index contributed by atoms with van der Waals surface area (Å²) in [5.41, 5.74) is 2.42. The van der Waals surface area contributed by atoms with Gasteiger partial charge in [0.1, 0.15) is 0 Å². The number of aromatic nitrogens is 1. The number of carbonyl (C=O) groups is 3. The van der Waals surface area contributed by atoms with Crippen LogP contribution >= 0.6 is 0 Å². The van der Waals surface area contributed by atoms with Gasteiger partial charge in [0.2, 0.25) is 11.8 Å². The lowest BCUT2D eigenvalue weighted by Crippen LogP contribution is -2.32. The number of imide groups is 1. The predicted octanol–water partition coefficient (Wildman–Crippen LogP) is 4.19. The van der Waals surface area contributed by atoms with Gasteiger partial charge in [-0.25, -0.2) is 4.79 Å². The van der Waals surface area contributed by atoms with Crippen molar-refractivity contribution >= 4 is 45.8 Å². The first-order valence-corrected chi connectivity index (χ1v) is 10.7. The molecule has 7 heteroatoms. The molecule has 2 aliphatic carbocycles. The van der Waals surface area contributed by atoms with Gasteiger partial charge in [-0.15, -0.1) is 0 Å². The summed E-state index contributed by atoms with van der Waals surface area (Å²) in [7, 11) is 0. The second-order valence-electron chi connectivity index (χ2n) is 8.52. The van der Waals surface area contributed by atoms with Gasteiger partial charge in [-0.3, -0.25) is 19.5 Å². The van der Waals surface area contributed by atoms with Crippen LogP contribution in [0.2, 0.25) is 0 Å². The van der Waals surface area contributed by atoms with E-state index in [1.54, 1.807) is 36.5 Å². The summed E-state index contributed by atoms with van der Waals surface area (Å²) in [6.45, 7) is 0. The number of benzene rings is 2. The molecule has 1 saturated carbocycles. The zero-order chi connectivity index (χ0) is 21.8. The number of nitrogens with zero attached hydrogens (tertiary/aromatic N) is 2. The van der Waals surface area contributed by atoms with E-state index < -0.39 is 6.03 Å². The standard InChI is InChI=1S/C25H20N4O3/c30-23-20-15-6-7-16(13-15)21(20)24(31)29(23)18-10-8-17(9-11-18)27-25(32)28-19-5-1-3-14-4-2-12-26-22(14)19/h1-12,15-16,20-21H,13H2,(H2,27,28,32)/t15-,16+,20-,21+. The van der Waals surface area contributed by atoms with Crippen LogP contribution in [0, 0.1) is 23.7 Å². The van der Waals surface area contributed by atoms with Crippen LogP contribution in [0.3, 0.4) is 0 Å². The highest BCUT2D eigenvalue weighted by atomic mass is 16.2. The lowest BCUT2D eigenvalue weighted by atomic mass is 9.85. The molecule has 1 saturated heterocycles. The normalized spacial score (nSPS) is 25.4. The van der Waals surface area contributed by atoms with Crippen molar-refractivity contribution in [3.05, 3.63) is 72.9 Å². The SMILES string of the molecule is O=C(Nc1ccc(N2C(=O)[C@@H]3[C@H](C2=O)[C@@H]2C=C[C@H]3C2)cc1)Nc1cccc2cccnc12. The summed E-state index contributed by atoms with van der Waals surface area (Å²) < 4.78 is 0. The van der Waals surface area contributed by atoms with Crippen LogP contribution in [-0.4, -0.2) is 22.8 Å². The highest BCUT2D eigenvalue weighted by molar-refractivity contribution is 6.22. The van der Waals surface area contributed by atoms with Crippen molar-refractivity contribution < 1.29 is 14.4 Å². The molecule has 2 bridgehead atoms. The summed E-state index contributed by atoms with van der Waals surface area (Å²) in [6, 6.07) is 15.7. The zero-order valence-corrected chi connectivity index (χ0v) is 17.1. The van der Waals surface area contributed by atoms with Crippen LogP contribution < -0.4 is 15.5 Å². The summed E-state index contributed by atoms with van der Waals surface area (Å²) in [5, 5.41) is 6.54. The van der Waals surface area contributed by atoms with Crippen LogP contribution in [0.25, 0.3) is 10.9 Å². The second kappa shape index (κ2) is 7.02. The summed E-state index contributed by atoms with van der Waals surface area (Å²) in [6.07, 6.45) is 6.75. The van der Waals surface area contributed by atoms with Gasteiger partial charge in [0, 0.05) is 17.3 Å². The van der Waals surface area contributed by atoms with Crippen molar-refractivity contribution in [2.24, 2.45) is 23.7 Å². The van der Waals surface area contributed by atoms with Crippen molar-refractivity contribution in [3.8, 4) is 0 Å². The molecular formula is C25H20N4O3. The molecule has 2 fully saturated rings. The fraction of sp³-hybridized carbons (Fsp3) is 0.200. The summed E-state index contributed by atoms with van der Waals surface area (Å²) in [5.74, 6) is -0.317. The van der Waals surface area contributed by atoms with Gasteiger partial charge >= 0.3 is 6.03 Å². The zero-order valence-electron chi connectivity index (χ0n) is 17.1. The molecule has 32 heavy (non-hydrogen) atoms. The van der Waals surface area contributed by atoms with Gasteiger partial charge in [-0.2, -0.15) is 0 Å². The Morgan fingerprint density at radius 1 is 0.875 bits per heavy atom. The molecule has 4 atom stereocenters. The van der Waals surface area contributed by atoms with Gasteiger partial charge in [0.15, 0.2) is 0 Å². The number of hydrogen-bond acceptors (Lipinski definition) is 4. The van der Waals surface area contributed by atoms with Gasteiger partial charge in [-0.1, -0.05) is 30.4 Å². The van der Waals surface area contributed by atoms with Crippen molar-refractivity contribution in [1.82, 2.24) is 4.98 Å². The third-order valence-electron chi connectivity index (χ3n) is 6.73. The minimum atomic E-state index is -0.401. The number of para-hydroxylation sites is 1. The van der Waals surface area contributed by atoms with E-state index in [-0.39, 0.29) is 35.5 Å². The smallest absolute Gasteiger partial charge is 0.308 e. The van der Waals surface area contributed by atoms with Crippen LogP contribution in [0.4, 0.5) is 21.9 Å². The molecule has 3 aromatic rings. The monoisotopic (exact) mass is 424 g/mol. The first-order chi connectivity index (χ1) is 15.6. The average Bonchev–Trinajstić information content (AvgIpc) is 3.48. The second-order valence-corrected chi connectivity index (χ2v) is 8.52. The van der Waals surface area contributed by atoms with E-state index in [0.717, 1.165) is 11.8 Å². The molecule has 0 radical (unpaired) electrons. The predicted molar refractivity (Wildman–Crippen MR) is 121 cm³/mol. The Labute approximate surface area is 184 Å². The number of anilines is 3. The van der Waals surface area contributed by atoms with E-state index in [1.807, 2.05) is 24.3 Å². The maximum Gasteiger partial charge on any atom is 0.323 e. The number of hydrogen-bond donors (Lipinski definition) is 2. The van der Waals surface area contributed by atoms with Crippen molar-refractivity contribution in [2.75, 3.05) is 15.5 Å². The van der Waals surface area contributed by atoms with Crippen LogP contribution in [0.5, 0.6) is 0 Å². The van der Waals surface area contributed by atoms with Gasteiger partial charge in [-0.05, 0) is 54.7 Å². The average molecular weight is 424 g/mol. The summed E-state index contributed by atoms with van der Waals surface area (Å²) in [4.78, 5) is 44.0. The maximum absolute atomic E-state index is 12.9. The number of pyridine rings is 1. The molecule has 3 aliphatic rings. The van der Waals surface area contributed by atoms with E-state index in [0.29, 0.717) is 22.6 Å². The van der Waals surface area contributed by atoms with Crippen LogP contribution in [0.15, 0.2) is 72.9 Å². The molecule has 158 valence electrons. The lowest BCUT2D eigenvalue weighted by Gasteiger charge is -2.17. The van der Waals surface area contributed by atoms with Gasteiger partial charge in [0.25, 0.3) is 0 Å². The molecule has 6 rings (SSSR count). The van der Waals surface area contributed by atoms with Crippen molar-refractivity contribution in [1.29, 1.82) is 0 Å². The number of rotatable bonds is 3. The minimum Gasteiger partial charge on any atom is -0.308 e. The fourth-order valence-electron chi connectivity index (χ4n) is 5.34. The molecule has 1 aliphatic heterocycles. The number of allylic oxidation sites excluding steroid dienone is 2. The fourth-order valence-corrected chi connectivity index (χ4v) is 5.34. The van der Waals surface area contributed by atoms with Gasteiger partial charge in [0.05, 0.1) is 28.7 Å². The topological polar surface area (TPSA) is 91.4 Å². The number of amides is 4. The van der Waals surface area contributed by atoms with Crippen LogP contribution in [-0.2, 0) is 9.59 Å². The lowest BCUT2D eigenvalue weighted by molar-refractivity contribution is -0.123. The van der Waals surface area contributed by atoms with E-state index in [9.17, 15) is 14.4 Å². The van der Waals surface area contributed by atoms with Crippen molar-refractivity contribution in [2.45, 2.75) is 6.42 Å². The number of nitrogens with one attached hydrogen (secondary N) is 2. The Kier molecular flexibility index (Phi) is 4.11. The quantitative estimate of drug-likeness (QED) is 0.487. The minimum absolute atomic E-state index is 0.112. The highest BCUT2D eigenvalue weighted by Crippen LogP contribution is 2.53. The molecule has 2 heterocycles. The van der Waals surface area contributed by atoms with Crippen molar-refractivity contribution in [3.63, 3.8) is 0 Å². The first kappa shape index (κ1) is 18.7. The Bertz CT molecular complexity index is 1260. The molecule has 0 spiro atoms. The third-order valence-corrected chi connectivity index (χ3v) is 6.73. The maximum atomic E-state index is 12.9. The van der Waals surface area contributed by atoms with E-state index >= 15 is 0 Å².